The van der Waals surface area contributed by atoms with Crippen LogP contribution in [0.5, 0.6) is 0 Å². The lowest BCUT2D eigenvalue weighted by Crippen LogP contribution is -2.61. The van der Waals surface area contributed by atoms with E-state index in [-0.39, 0.29) is 17.7 Å². The Balaban J connectivity index is 2.43. The Hall–Kier alpha value is -1.48. The van der Waals surface area contributed by atoms with Crippen LogP contribution in [0.1, 0.15) is 65.0 Å². The summed E-state index contributed by atoms with van der Waals surface area (Å²) in [6.07, 6.45) is 3.81. The molecular weight excluding hydrogens is 286 g/mol. The van der Waals surface area contributed by atoms with E-state index in [9.17, 15) is 9.59 Å². The highest BCUT2D eigenvalue weighted by molar-refractivity contribution is 6.35. The molecule has 23 heavy (non-hydrogen) atoms. The molecule has 0 spiro atoms. The molecule has 3 nitrogen and oxygen atoms in total. The van der Waals surface area contributed by atoms with Crippen molar-refractivity contribution in [3.8, 4) is 0 Å². The highest BCUT2D eigenvalue weighted by atomic mass is 16.2. The molecule has 1 aliphatic heterocycles. The fourth-order valence-electron chi connectivity index (χ4n) is 3.68. The number of nitrogens with zero attached hydrogens (tertiary/aromatic N) is 1. The van der Waals surface area contributed by atoms with Gasteiger partial charge < -0.3 is 0 Å². The molecule has 1 aromatic rings. The normalized spacial score (nSPS) is 25.1. The summed E-state index contributed by atoms with van der Waals surface area (Å²) in [6, 6.07) is 10.4. The van der Waals surface area contributed by atoms with E-state index in [0.717, 1.165) is 25.8 Å². The molecule has 2 rings (SSSR count). The van der Waals surface area contributed by atoms with Crippen molar-refractivity contribution in [2.75, 3.05) is 13.1 Å². The summed E-state index contributed by atoms with van der Waals surface area (Å²) in [5.41, 5.74) is 0.612. The van der Waals surface area contributed by atoms with Crippen molar-refractivity contribution in [2.45, 2.75) is 59.4 Å². The number of likely N-dealkylation sites (N-methyl/N-ethyl adjacent to an activating group) is 1. The summed E-state index contributed by atoms with van der Waals surface area (Å²) in [7, 11) is 0. The van der Waals surface area contributed by atoms with Crippen LogP contribution in [0, 0.1) is 5.41 Å². The van der Waals surface area contributed by atoms with Crippen LogP contribution >= 0.6 is 0 Å². The molecule has 0 aromatic heterocycles. The molecule has 0 radical (unpaired) electrons. The first-order valence-electron chi connectivity index (χ1n) is 8.90. The van der Waals surface area contributed by atoms with Crippen molar-refractivity contribution >= 4 is 11.7 Å². The van der Waals surface area contributed by atoms with Gasteiger partial charge in [-0.1, -0.05) is 51.1 Å². The molecule has 0 saturated carbocycles. The Morgan fingerprint density at radius 3 is 2.35 bits per heavy atom. The zero-order valence-corrected chi connectivity index (χ0v) is 15.0. The van der Waals surface area contributed by atoms with Gasteiger partial charge in [0.15, 0.2) is 0 Å². The van der Waals surface area contributed by atoms with Crippen LogP contribution in [0.3, 0.4) is 0 Å². The third-order valence-electron chi connectivity index (χ3n) is 5.73. The number of carbonyl (C=O) groups excluding carboxylic acids is 2. The van der Waals surface area contributed by atoms with Crippen LogP contribution < -0.4 is 0 Å². The second kappa shape index (κ2) is 6.96. The van der Waals surface area contributed by atoms with E-state index in [2.05, 4.69) is 12.1 Å². The molecule has 1 fully saturated rings. The highest BCUT2D eigenvalue weighted by Gasteiger charge is 2.51. The molecule has 1 aromatic carbocycles. The lowest BCUT2D eigenvalue weighted by Gasteiger charge is -2.45. The number of hydrogen-bond donors (Lipinski definition) is 0. The first kappa shape index (κ1) is 17.9. The molecule has 0 N–H and O–H groups in total. The molecule has 0 aliphatic carbocycles. The van der Waals surface area contributed by atoms with Gasteiger partial charge in [-0.05, 0) is 26.2 Å². The van der Waals surface area contributed by atoms with Crippen molar-refractivity contribution in [1.29, 1.82) is 0 Å². The van der Waals surface area contributed by atoms with E-state index < -0.39 is 5.41 Å². The molecule has 1 heterocycles. The number of rotatable bonds is 5. The van der Waals surface area contributed by atoms with Crippen molar-refractivity contribution in [2.24, 2.45) is 5.41 Å². The molecular formula is C20H30NO2+. The first-order valence-corrected chi connectivity index (χ1v) is 8.90. The predicted octanol–water partition coefficient (Wildman–Crippen LogP) is 4.28. The van der Waals surface area contributed by atoms with E-state index in [1.165, 1.54) is 5.56 Å². The largest absolute Gasteiger partial charge is 0.382 e. The van der Waals surface area contributed by atoms with Gasteiger partial charge in [0.05, 0.1) is 13.1 Å². The Bertz CT molecular complexity index is 564. The first-order chi connectivity index (χ1) is 10.9. The van der Waals surface area contributed by atoms with Crippen LogP contribution in [-0.4, -0.2) is 29.3 Å². The fraction of sp³-hybridized carbons (Fsp3) is 0.600. The Morgan fingerprint density at radius 1 is 1.13 bits per heavy atom. The van der Waals surface area contributed by atoms with Crippen LogP contribution in [0.2, 0.25) is 0 Å². The number of piperidine rings is 1. The number of carbonyl (C=O) groups is 2. The number of quaternary nitrogens is 1. The smallest absolute Gasteiger partial charge is 0.283 e. The second-order valence-electron chi connectivity index (χ2n) is 7.37. The van der Waals surface area contributed by atoms with Crippen LogP contribution in [-0.2, 0) is 9.59 Å². The minimum absolute atomic E-state index is 0.110. The Labute approximate surface area is 140 Å². The third-order valence-corrected chi connectivity index (χ3v) is 5.73. The van der Waals surface area contributed by atoms with Crippen molar-refractivity contribution < 1.29 is 14.1 Å². The summed E-state index contributed by atoms with van der Waals surface area (Å²) in [4.78, 5) is 26.1. The van der Waals surface area contributed by atoms with Gasteiger partial charge in [0, 0.05) is 17.4 Å². The minimum atomic E-state index is -0.573. The molecule has 1 amide bonds. The zero-order valence-electron chi connectivity index (χ0n) is 15.0. The van der Waals surface area contributed by atoms with E-state index in [1.807, 2.05) is 45.9 Å². The molecule has 2 unspecified atom stereocenters. The van der Waals surface area contributed by atoms with Gasteiger partial charge in [-0.25, -0.2) is 9.28 Å². The Morgan fingerprint density at radius 2 is 1.78 bits per heavy atom. The number of benzene rings is 1. The zero-order chi connectivity index (χ0) is 17.1. The standard InChI is InChI=1S/C20H30NO2/c1-5-20(3,4)18(22)19(23)21(6-2)15-11-10-14-17(21)16-12-8-7-9-13-16/h7-9,12-13,17H,5-6,10-11,14-15H2,1-4H3/q+1. The maximum absolute atomic E-state index is 13.3. The average molecular weight is 316 g/mol. The molecule has 3 heteroatoms. The van der Waals surface area contributed by atoms with E-state index in [4.69, 9.17) is 0 Å². The molecule has 0 bridgehead atoms. The van der Waals surface area contributed by atoms with Crippen LogP contribution in [0.25, 0.3) is 0 Å². The van der Waals surface area contributed by atoms with Gasteiger partial charge in [0.1, 0.15) is 6.04 Å². The molecule has 1 saturated heterocycles. The molecule has 1 aliphatic rings. The lowest BCUT2D eigenvalue weighted by atomic mass is 9.82. The van der Waals surface area contributed by atoms with Gasteiger partial charge in [0.25, 0.3) is 5.78 Å². The van der Waals surface area contributed by atoms with Gasteiger partial charge >= 0.3 is 5.91 Å². The quantitative estimate of drug-likeness (QED) is 0.600. The topological polar surface area (TPSA) is 34.1 Å². The second-order valence-corrected chi connectivity index (χ2v) is 7.37. The van der Waals surface area contributed by atoms with Gasteiger partial charge in [0.2, 0.25) is 0 Å². The summed E-state index contributed by atoms with van der Waals surface area (Å²) in [6.45, 7) is 9.27. The maximum atomic E-state index is 13.3. The SMILES string of the molecule is CCC(C)(C)C(=O)C(=O)[N+]1(CC)CCCCC1c1ccccc1. The van der Waals surface area contributed by atoms with Crippen molar-refractivity contribution in [3.05, 3.63) is 35.9 Å². The molecule has 2 atom stereocenters. The van der Waals surface area contributed by atoms with Crippen LogP contribution in [0.4, 0.5) is 0 Å². The monoisotopic (exact) mass is 316 g/mol. The number of Topliss-reactive ketones (excluding diaryl/α,β-unsaturated/α-hetero) is 1. The van der Waals surface area contributed by atoms with Crippen molar-refractivity contribution in [1.82, 2.24) is 0 Å². The average Bonchev–Trinajstić information content (AvgIpc) is 2.60. The van der Waals surface area contributed by atoms with Gasteiger partial charge in [-0.15, -0.1) is 0 Å². The maximum Gasteiger partial charge on any atom is 0.382 e. The lowest BCUT2D eigenvalue weighted by molar-refractivity contribution is -0.886. The predicted molar refractivity (Wildman–Crippen MR) is 92.8 cm³/mol. The highest BCUT2D eigenvalue weighted by Crippen LogP contribution is 2.39. The van der Waals surface area contributed by atoms with E-state index >= 15 is 0 Å². The summed E-state index contributed by atoms with van der Waals surface area (Å²) < 4.78 is 0.298. The number of amides is 1. The minimum Gasteiger partial charge on any atom is -0.283 e. The summed E-state index contributed by atoms with van der Waals surface area (Å²) in [5.74, 6) is -0.391. The van der Waals surface area contributed by atoms with Gasteiger partial charge in [-0.3, -0.25) is 4.79 Å². The van der Waals surface area contributed by atoms with Crippen molar-refractivity contribution in [3.63, 3.8) is 0 Å². The van der Waals surface area contributed by atoms with E-state index in [0.29, 0.717) is 17.4 Å². The number of hydrogen-bond acceptors (Lipinski definition) is 2. The Kier molecular flexibility index (Phi) is 5.41. The van der Waals surface area contributed by atoms with Gasteiger partial charge in [-0.2, -0.15) is 0 Å². The summed E-state index contributed by atoms with van der Waals surface area (Å²) in [5, 5.41) is 0. The fourth-order valence-corrected chi connectivity index (χ4v) is 3.68. The number of ketones is 1. The van der Waals surface area contributed by atoms with Crippen LogP contribution in [0.15, 0.2) is 30.3 Å². The molecule has 126 valence electrons. The summed E-state index contributed by atoms with van der Waals surface area (Å²) >= 11 is 0. The van der Waals surface area contributed by atoms with E-state index in [1.54, 1.807) is 0 Å². The number of likely N-dealkylation sites (tertiary alicyclic amines) is 1. The third kappa shape index (κ3) is 3.25.